The number of benzene rings is 1. The van der Waals surface area contributed by atoms with Crippen LogP contribution >= 0.6 is 0 Å². The normalized spacial score (nSPS) is 11.9. The fraction of sp³-hybridized carbons (Fsp3) is 0.273. The number of fused-ring (bicyclic) bond motifs is 1. The number of aromatic nitrogens is 1. The van der Waals surface area contributed by atoms with Crippen LogP contribution in [0, 0.1) is 10.1 Å². The first-order valence-corrected chi connectivity index (χ1v) is 5.17. The summed E-state index contributed by atoms with van der Waals surface area (Å²) in [5.41, 5.74) is 0.308. The second-order valence-corrected chi connectivity index (χ2v) is 3.87. The van der Waals surface area contributed by atoms with Gasteiger partial charge in [-0.15, -0.1) is 0 Å². The second kappa shape index (κ2) is 4.32. The van der Waals surface area contributed by atoms with Gasteiger partial charge in [0.1, 0.15) is 0 Å². The van der Waals surface area contributed by atoms with Gasteiger partial charge in [0.05, 0.1) is 16.9 Å². The van der Waals surface area contributed by atoms with Gasteiger partial charge in [0.25, 0.3) is 5.69 Å². The molecule has 0 aliphatic rings. The summed E-state index contributed by atoms with van der Waals surface area (Å²) >= 11 is 0. The zero-order chi connectivity index (χ0) is 13.3. The molecule has 1 heterocycles. The molecule has 96 valence electrons. The van der Waals surface area contributed by atoms with Crippen molar-refractivity contribution in [2.45, 2.75) is 19.1 Å². The molecule has 4 nitrogen and oxygen atoms in total. The van der Waals surface area contributed by atoms with Crippen LogP contribution in [0.4, 0.5) is 18.9 Å². The van der Waals surface area contributed by atoms with E-state index in [0.717, 1.165) is 0 Å². The number of nitro benzene ring substituents is 1. The van der Waals surface area contributed by atoms with E-state index in [-0.39, 0.29) is 12.2 Å². The Balaban J connectivity index is 2.33. The molecule has 0 bridgehead atoms. The van der Waals surface area contributed by atoms with Crippen LogP contribution in [0.15, 0.2) is 30.5 Å². The number of non-ortho nitro benzene ring substituents is 1. The Morgan fingerprint density at radius 1 is 1.28 bits per heavy atom. The largest absolute Gasteiger partial charge is 0.390 e. The first-order valence-electron chi connectivity index (χ1n) is 5.17. The highest BCUT2D eigenvalue weighted by Crippen LogP contribution is 2.25. The van der Waals surface area contributed by atoms with E-state index in [0.29, 0.717) is 10.9 Å². The monoisotopic (exact) mass is 258 g/mol. The maximum Gasteiger partial charge on any atom is 0.390 e. The molecule has 0 N–H and O–H groups in total. The predicted molar refractivity (Wildman–Crippen MR) is 59.3 cm³/mol. The molecule has 0 fully saturated rings. The molecule has 2 aromatic rings. The Hall–Kier alpha value is -2.05. The van der Waals surface area contributed by atoms with Crippen LogP contribution in [0.5, 0.6) is 0 Å². The molecule has 7 heteroatoms. The summed E-state index contributed by atoms with van der Waals surface area (Å²) < 4.78 is 37.8. The lowest BCUT2D eigenvalue weighted by molar-refractivity contribution is -0.384. The van der Waals surface area contributed by atoms with E-state index in [1.54, 1.807) is 6.07 Å². The third-order valence-electron chi connectivity index (χ3n) is 2.60. The Kier molecular flexibility index (Phi) is 2.98. The van der Waals surface area contributed by atoms with E-state index in [9.17, 15) is 23.3 Å². The topological polar surface area (TPSA) is 48.1 Å². The van der Waals surface area contributed by atoms with Crippen LogP contribution in [-0.2, 0) is 6.54 Å². The zero-order valence-corrected chi connectivity index (χ0v) is 9.15. The molecule has 0 aliphatic carbocycles. The highest BCUT2D eigenvalue weighted by molar-refractivity contribution is 5.82. The molecule has 0 atom stereocenters. The number of alkyl halides is 3. The van der Waals surface area contributed by atoms with Crippen molar-refractivity contribution in [3.8, 4) is 0 Å². The zero-order valence-electron chi connectivity index (χ0n) is 9.15. The standard InChI is InChI=1S/C11H9F3N2O2/c12-11(13,14)4-6-15-5-3-8-1-2-9(16(17)18)7-10(8)15/h1-3,5,7H,4,6H2. The first kappa shape index (κ1) is 12.4. The molecule has 18 heavy (non-hydrogen) atoms. The minimum Gasteiger partial charge on any atom is -0.347 e. The van der Waals surface area contributed by atoms with Crippen LogP contribution in [0.1, 0.15) is 6.42 Å². The molecule has 0 aliphatic heterocycles. The van der Waals surface area contributed by atoms with E-state index in [1.165, 1.54) is 29.0 Å². The Morgan fingerprint density at radius 3 is 2.61 bits per heavy atom. The minimum absolute atomic E-state index is 0.130. The summed E-state index contributed by atoms with van der Waals surface area (Å²) in [6.45, 7) is -0.242. The van der Waals surface area contributed by atoms with Gasteiger partial charge in [-0.25, -0.2) is 0 Å². The SMILES string of the molecule is O=[N+]([O-])c1ccc2ccn(CCC(F)(F)F)c2c1. The van der Waals surface area contributed by atoms with Gasteiger partial charge in [0.2, 0.25) is 0 Å². The Bertz CT molecular complexity index is 589. The van der Waals surface area contributed by atoms with Gasteiger partial charge in [-0.3, -0.25) is 10.1 Å². The van der Waals surface area contributed by atoms with Gasteiger partial charge in [0, 0.05) is 30.3 Å². The van der Waals surface area contributed by atoms with Crippen molar-refractivity contribution in [2.24, 2.45) is 0 Å². The molecule has 0 radical (unpaired) electrons. The highest BCUT2D eigenvalue weighted by Gasteiger charge is 2.26. The third-order valence-corrected chi connectivity index (χ3v) is 2.60. The van der Waals surface area contributed by atoms with E-state index in [4.69, 9.17) is 0 Å². The van der Waals surface area contributed by atoms with E-state index >= 15 is 0 Å². The van der Waals surface area contributed by atoms with Gasteiger partial charge in [-0.2, -0.15) is 13.2 Å². The fourth-order valence-corrected chi connectivity index (χ4v) is 1.73. The third kappa shape index (κ3) is 2.61. The molecule has 0 amide bonds. The van der Waals surface area contributed by atoms with E-state index in [1.807, 2.05) is 0 Å². The van der Waals surface area contributed by atoms with Gasteiger partial charge in [-0.1, -0.05) is 0 Å². The molecular formula is C11H9F3N2O2. The van der Waals surface area contributed by atoms with Crippen LogP contribution in [-0.4, -0.2) is 15.7 Å². The number of aryl methyl sites for hydroxylation is 1. The van der Waals surface area contributed by atoms with Gasteiger partial charge >= 0.3 is 6.18 Å². The quantitative estimate of drug-likeness (QED) is 0.624. The number of nitro groups is 1. The van der Waals surface area contributed by atoms with Crippen LogP contribution in [0.3, 0.4) is 0 Å². The van der Waals surface area contributed by atoms with Crippen molar-refractivity contribution in [2.75, 3.05) is 0 Å². The second-order valence-electron chi connectivity index (χ2n) is 3.87. The molecule has 0 saturated carbocycles. The highest BCUT2D eigenvalue weighted by atomic mass is 19.4. The number of rotatable bonds is 3. The molecular weight excluding hydrogens is 249 g/mol. The lowest BCUT2D eigenvalue weighted by atomic mass is 10.2. The van der Waals surface area contributed by atoms with E-state index < -0.39 is 17.5 Å². The van der Waals surface area contributed by atoms with E-state index in [2.05, 4.69) is 0 Å². The summed E-state index contributed by atoms with van der Waals surface area (Å²) in [7, 11) is 0. The maximum absolute atomic E-state index is 12.1. The molecule has 0 unspecified atom stereocenters. The summed E-state index contributed by atoms with van der Waals surface area (Å²) in [6.07, 6.45) is -3.70. The summed E-state index contributed by atoms with van der Waals surface area (Å²) in [4.78, 5) is 10.0. The lowest BCUT2D eigenvalue weighted by Gasteiger charge is -2.08. The summed E-state index contributed by atoms with van der Waals surface area (Å²) in [5.74, 6) is 0. The summed E-state index contributed by atoms with van der Waals surface area (Å²) in [5, 5.41) is 11.3. The van der Waals surface area contributed by atoms with Crippen molar-refractivity contribution in [1.82, 2.24) is 4.57 Å². The molecule has 2 rings (SSSR count). The summed E-state index contributed by atoms with van der Waals surface area (Å²) in [6, 6.07) is 5.77. The van der Waals surface area contributed by atoms with Gasteiger partial charge in [-0.05, 0) is 12.1 Å². The lowest BCUT2D eigenvalue weighted by Crippen LogP contribution is -2.11. The van der Waals surface area contributed by atoms with Crippen LogP contribution in [0.2, 0.25) is 0 Å². The van der Waals surface area contributed by atoms with Crippen LogP contribution < -0.4 is 0 Å². The minimum atomic E-state index is -4.24. The molecule has 0 saturated heterocycles. The number of hydrogen-bond acceptors (Lipinski definition) is 2. The van der Waals surface area contributed by atoms with Crippen molar-refractivity contribution < 1.29 is 18.1 Å². The Labute approximate surface area is 99.8 Å². The van der Waals surface area contributed by atoms with Crippen molar-refractivity contribution in [3.63, 3.8) is 0 Å². The first-order chi connectivity index (χ1) is 8.37. The smallest absolute Gasteiger partial charge is 0.347 e. The number of nitrogens with zero attached hydrogens (tertiary/aromatic N) is 2. The molecule has 1 aromatic heterocycles. The van der Waals surface area contributed by atoms with Crippen molar-refractivity contribution in [1.29, 1.82) is 0 Å². The number of hydrogen-bond donors (Lipinski definition) is 0. The number of halogens is 3. The molecule has 1 aromatic carbocycles. The average Bonchev–Trinajstić information content (AvgIpc) is 2.67. The van der Waals surface area contributed by atoms with Gasteiger partial charge in [0.15, 0.2) is 0 Å². The van der Waals surface area contributed by atoms with Crippen molar-refractivity contribution in [3.05, 3.63) is 40.6 Å². The maximum atomic E-state index is 12.1. The molecule has 0 spiro atoms. The average molecular weight is 258 g/mol. The van der Waals surface area contributed by atoms with Crippen LogP contribution in [0.25, 0.3) is 10.9 Å². The Morgan fingerprint density at radius 2 is 2.00 bits per heavy atom. The van der Waals surface area contributed by atoms with Gasteiger partial charge < -0.3 is 4.57 Å². The fourth-order valence-electron chi connectivity index (χ4n) is 1.73. The van der Waals surface area contributed by atoms with Crippen molar-refractivity contribution >= 4 is 16.6 Å². The predicted octanol–water partition coefficient (Wildman–Crippen LogP) is 3.50.